The Balaban J connectivity index is 3.74. The molecular weight excluding hydrogens is 156 g/mol. The van der Waals surface area contributed by atoms with Crippen molar-refractivity contribution in [3.63, 3.8) is 0 Å². The molecular formula is C7H18OSi2. The average Bonchev–Trinajstić information content (AvgIpc) is 1.81. The van der Waals surface area contributed by atoms with Gasteiger partial charge in [-0.05, 0) is 19.6 Å². The molecule has 0 aliphatic rings. The predicted octanol–water partition coefficient (Wildman–Crippen LogP) is 1.57. The lowest BCUT2D eigenvalue weighted by Crippen LogP contribution is -2.33. The van der Waals surface area contributed by atoms with Crippen LogP contribution in [0.15, 0.2) is 12.7 Å². The van der Waals surface area contributed by atoms with Gasteiger partial charge in [-0.3, -0.25) is 0 Å². The SMILES string of the molecule is C=CC(O[Si](C)(C)C)[SiH2]C. The summed E-state index contributed by atoms with van der Waals surface area (Å²) in [6.45, 7) is 12.7. The van der Waals surface area contributed by atoms with Gasteiger partial charge in [-0.15, -0.1) is 6.58 Å². The molecule has 0 bridgehead atoms. The van der Waals surface area contributed by atoms with Crippen molar-refractivity contribution in [2.45, 2.75) is 31.9 Å². The zero-order valence-electron chi connectivity index (χ0n) is 7.48. The van der Waals surface area contributed by atoms with Crippen molar-refractivity contribution < 1.29 is 4.43 Å². The van der Waals surface area contributed by atoms with E-state index in [0.717, 1.165) is 0 Å². The third-order valence-corrected chi connectivity index (χ3v) is 3.82. The first-order valence-corrected chi connectivity index (χ1v) is 9.44. The molecule has 1 atom stereocenters. The van der Waals surface area contributed by atoms with Gasteiger partial charge >= 0.3 is 0 Å². The van der Waals surface area contributed by atoms with E-state index in [2.05, 4.69) is 32.8 Å². The largest absolute Gasteiger partial charge is 0.415 e. The second-order valence-corrected chi connectivity index (χ2v) is 9.49. The number of hydrogen-bond donors (Lipinski definition) is 0. The summed E-state index contributed by atoms with van der Waals surface area (Å²) in [6, 6.07) is 0. The average molecular weight is 174 g/mol. The van der Waals surface area contributed by atoms with Gasteiger partial charge in [-0.1, -0.05) is 12.6 Å². The second-order valence-electron chi connectivity index (χ2n) is 3.41. The van der Waals surface area contributed by atoms with Gasteiger partial charge in [0.15, 0.2) is 8.32 Å². The van der Waals surface area contributed by atoms with E-state index in [1.54, 1.807) is 0 Å². The van der Waals surface area contributed by atoms with Gasteiger partial charge in [0.1, 0.15) is 0 Å². The van der Waals surface area contributed by atoms with Gasteiger partial charge in [-0.25, -0.2) is 0 Å². The molecule has 1 unspecified atom stereocenters. The van der Waals surface area contributed by atoms with Crippen molar-refractivity contribution in [1.82, 2.24) is 0 Å². The Hall–Kier alpha value is 0.134. The Bertz CT molecular complexity index is 107. The quantitative estimate of drug-likeness (QED) is 0.464. The molecule has 0 aromatic rings. The van der Waals surface area contributed by atoms with Crippen LogP contribution in [-0.4, -0.2) is 23.6 Å². The lowest BCUT2D eigenvalue weighted by atomic mass is 10.7. The van der Waals surface area contributed by atoms with Crippen LogP contribution >= 0.6 is 0 Å². The van der Waals surface area contributed by atoms with Crippen LogP contribution in [-0.2, 0) is 4.43 Å². The fourth-order valence-corrected chi connectivity index (χ4v) is 4.26. The molecule has 0 saturated carbocycles. The molecule has 60 valence electrons. The van der Waals surface area contributed by atoms with E-state index >= 15 is 0 Å². The number of rotatable bonds is 4. The van der Waals surface area contributed by atoms with Crippen LogP contribution < -0.4 is 0 Å². The minimum Gasteiger partial charge on any atom is -0.415 e. The number of hydrogen-bond acceptors (Lipinski definition) is 1. The molecule has 1 nitrogen and oxygen atoms in total. The van der Waals surface area contributed by atoms with Gasteiger partial charge in [-0.2, -0.15) is 0 Å². The third kappa shape index (κ3) is 4.96. The Morgan fingerprint density at radius 2 is 2.00 bits per heavy atom. The van der Waals surface area contributed by atoms with E-state index in [-0.39, 0.29) is 9.52 Å². The molecule has 0 saturated heterocycles. The Morgan fingerprint density at radius 1 is 1.50 bits per heavy atom. The van der Waals surface area contributed by atoms with E-state index in [9.17, 15) is 0 Å². The van der Waals surface area contributed by atoms with Gasteiger partial charge < -0.3 is 4.43 Å². The summed E-state index contributed by atoms with van der Waals surface area (Å²) in [5.74, 6) is 0. The first kappa shape index (κ1) is 10.1. The summed E-state index contributed by atoms with van der Waals surface area (Å²) in [5.41, 5.74) is 0.409. The third-order valence-electron chi connectivity index (χ3n) is 1.17. The normalized spacial score (nSPS) is 16.0. The van der Waals surface area contributed by atoms with E-state index in [0.29, 0.717) is 5.73 Å². The molecule has 0 aliphatic heterocycles. The fourth-order valence-electron chi connectivity index (χ4n) is 0.752. The van der Waals surface area contributed by atoms with Gasteiger partial charge in [0, 0.05) is 5.73 Å². The summed E-state index contributed by atoms with van der Waals surface area (Å²) in [7, 11) is -1.36. The summed E-state index contributed by atoms with van der Waals surface area (Å²) < 4.78 is 5.82. The van der Waals surface area contributed by atoms with Crippen molar-refractivity contribution in [2.24, 2.45) is 0 Å². The van der Waals surface area contributed by atoms with Gasteiger partial charge in [0.2, 0.25) is 0 Å². The monoisotopic (exact) mass is 174 g/mol. The highest BCUT2D eigenvalue weighted by Crippen LogP contribution is 2.06. The van der Waals surface area contributed by atoms with E-state index in [1.165, 1.54) is 0 Å². The highest BCUT2D eigenvalue weighted by Gasteiger charge is 2.17. The highest BCUT2D eigenvalue weighted by atomic mass is 28.4. The molecule has 0 heterocycles. The lowest BCUT2D eigenvalue weighted by molar-refractivity contribution is 0.316. The Morgan fingerprint density at radius 3 is 2.10 bits per heavy atom. The van der Waals surface area contributed by atoms with E-state index in [1.807, 2.05) is 6.08 Å². The maximum atomic E-state index is 5.82. The Labute approximate surface area is 67.4 Å². The standard InChI is InChI=1S/C7H18OSi2/c1-6-7(9-2)8-10(3,4)5/h6-7H,1,9H2,2-5H3. The second kappa shape index (κ2) is 4.10. The van der Waals surface area contributed by atoms with Crippen LogP contribution in [0.25, 0.3) is 0 Å². The van der Waals surface area contributed by atoms with Crippen LogP contribution in [0.3, 0.4) is 0 Å². The van der Waals surface area contributed by atoms with Gasteiger partial charge in [0.25, 0.3) is 0 Å². The molecule has 0 spiro atoms. The molecule has 0 amide bonds. The minimum atomic E-state index is -1.30. The zero-order valence-corrected chi connectivity index (χ0v) is 9.89. The molecule has 0 fully saturated rings. The van der Waals surface area contributed by atoms with Crippen LogP contribution in [0.5, 0.6) is 0 Å². The first-order chi connectivity index (χ1) is 4.49. The molecule has 0 radical (unpaired) electrons. The van der Waals surface area contributed by atoms with Crippen molar-refractivity contribution in [1.29, 1.82) is 0 Å². The summed E-state index contributed by atoms with van der Waals surface area (Å²) in [4.78, 5) is 0. The molecule has 0 aromatic heterocycles. The van der Waals surface area contributed by atoms with Crippen LogP contribution in [0.4, 0.5) is 0 Å². The summed E-state index contributed by atoms with van der Waals surface area (Å²) in [5, 5.41) is 0. The van der Waals surface area contributed by atoms with Crippen molar-refractivity contribution >= 4 is 17.8 Å². The van der Waals surface area contributed by atoms with Crippen molar-refractivity contribution in [3.8, 4) is 0 Å². The van der Waals surface area contributed by atoms with Crippen molar-refractivity contribution in [3.05, 3.63) is 12.7 Å². The smallest absolute Gasteiger partial charge is 0.184 e. The molecule has 0 aromatic carbocycles. The Kier molecular flexibility index (Phi) is 4.16. The van der Waals surface area contributed by atoms with Gasteiger partial charge in [0.05, 0.1) is 9.52 Å². The van der Waals surface area contributed by atoms with Crippen LogP contribution in [0, 0.1) is 0 Å². The molecule has 10 heavy (non-hydrogen) atoms. The summed E-state index contributed by atoms with van der Waals surface area (Å²) >= 11 is 0. The predicted molar refractivity (Wildman–Crippen MR) is 52.8 cm³/mol. The van der Waals surface area contributed by atoms with Crippen LogP contribution in [0.1, 0.15) is 0 Å². The zero-order chi connectivity index (χ0) is 8.20. The van der Waals surface area contributed by atoms with E-state index in [4.69, 9.17) is 4.43 Å². The maximum Gasteiger partial charge on any atom is 0.184 e. The topological polar surface area (TPSA) is 9.23 Å². The minimum absolute atomic E-state index is 0.0574. The molecule has 0 rings (SSSR count). The van der Waals surface area contributed by atoms with Crippen molar-refractivity contribution in [2.75, 3.05) is 0 Å². The summed E-state index contributed by atoms with van der Waals surface area (Å²) in [6.07, 6.45) is 1.95. The molecule has 0 aliphatic carbocycles. The molecule has 3 heteroatoms. The lowest BCUT2D eigenvalue weighted by Gasteiger charge is -2.22. The highest BCUT2D eigenvalue weighted by molar-refractivity contribution is 6.70. The van der Waals surface area contributed by atoms with Crippen LogP contribution in [0.2, 0.25) is 26.2 Å². The maximum absolute atomic E-state index is 5.82. The first-order valence-electron chi connectivity index (χ1n) is 3.80. The fraction of sp³-hybridized carbons (Fsp3) is 0.714. The molecule has 0 N–H and O–H groups in total. The van der Waals surface area contributed by atoms with E-state index < -0.39 is 8.32 Å².